The first-order valence-corrected chi connectivity index (χ1v) is 7.12. The summed E-state index contributed by atoms with van der Waals surface area (Å²) in [7, 11) is 1.68. The van der Waals surface area contributed by atoms with Gasteiger partial charge in [0, 0.05) is 22.9 Å². The first-order chi connectivity index (χ1) is 9.99. The van der Waals surface area contributed by atoms with E-state index in [0.717, 1.165) is 22.7 Å². The van der Waals surface area contributed by atoms with Crippen molar-refractivity contribution in [3.8, 4) is 17.0 Å². The van der Waals surface area contributed by atoms with Crippen molar-refractivity contribution in [1.29, 1.82) is 0 Å². The number of benzene rings is 1. The number of aromatic nitrogens is 2. The minimum Gasteiger partial charge on any atom is -0.497 e. The van der Waals surface area contributed by atoms with E-state index in [-0.39, 0.29) is 5.41 Å². The Balaban J connectivity index is 2.12. The third-order valence-electron chi connectivity index (χ3n) is 3.65. The van der Waals surface area contributed by atoms with Crippen molar-refractivity contribution in [2.75, 3.05) is 7.11 Å². The molecule has 0 saturated carbocycles. The van der Waals surface area contributed by atoms with Gasteiger partial charge in [0.15, 0.2) is 0 Å². The highest BCUT2D eigenvalue weighted by molar-refractivity contribution is 5.63. The summed E-state index contributed by atoms with van der Waals surface area (Å²) in [6.07, 6.45) is 2.11. The average Bonchev–Trinajstić information content (AvgIpc) is 2.90. The van der Waals surface area contributed by atoms with E-state index >= 15 is 0 Å². The van der Waals surface area contributed by atoms with Crippen molar-refractivity contribution in [3.63, 3.8) is 0 Å². The molecule has 3 nitrogen and oxygen atoms in total. The van der Waals surface area contributed by atoms with E-state index in [0.29, 0.717) is 0 Å². The molecule has 0 bridgehead atoms. The second-order valence-corrected chi connectivity index (χ2v) is 6.24. The molecule has 0 radical (unpaired) electrons. The van der Waals surface area contributed by atoms with E-state index in [4.69, 9.17) is 9.72 Å². The molecule has 0 saturated heterocycles. The predicted octanol–water partition coefficient (Wildman–Crippen LogP) is 4.31. The molecule has 0 aliphatic rings. The van der Waals surface area contributed by atoms with Gasteiger partial charge in [-0.2, -0.15) is 0 Å². The van der Waals surface area contributed by atoms with Gasteiger partial charge >= 0.3 is 0 Å². The molecule has 3 rings (SSSR count). The topological polar surface area (TPSA) is 26.5 Å². The number of rotatable bonds is 2. The summed E-state index contributed by atoms with van der Waals surface area (Å²) in [5.74, 6) is 0.859. The molecule has 0 aliphatic carbocycles. The summed E-state index contributed by atoms with van der Waals surface area (Å²) in [4.78, 5) is 4.73. The van der Waals surface area contributed by atoms with Crippen molar-refractivity contribution in [1.82, 2.24) is 9.38 Å². The number of ether oxygens (including phenoxy) is 1. The Kier molecular flexibility index (Phi) is 3.20. The van der Waals surface area contributed by atoms with Crippen LogP contribution in [-0.4, -0.2) is 16.5 Å². The zero-order valence-corrected chi connectivity index (χ0v) is 12.9. The standard InChI is InChI=1S/C18H20N2O/c1-18(2,3)16-6-5-7-17-19-15(12-20(16)17)13-8-10-14(21-4)11-9-13/h5-12H,1-4H3. The quantitative estimate of drug-likeness (QED) is 0.699. The van der Waals surface area contributed by atoms with Gasteiger partial charge in [-0.05, 0) is 36.4 Å². The lowest BCUT2D eigenvalue weighted by molar-refractivity contribution is 0.415. The van der Waals surface area contributed by atoms with Gasteiger partial charge < -0.3 is 9.14 Å². The fourth-order valence-corrected chi connectivity index (χ4v) is 2.52. The molecular weight excluding hydrogens is 260 g/mol. The lowest BCUT2D eigenvalue weighted by Gasteiger charge is -2.20. The molecule has 0 unspecified atom stereocenters. The summed E-state index contributed by atoms with van der Waals surface area (Å²) in [5, 5.41) is 0. The van der Waals surface area contributed by atoms with Crippen LogP contribution in [0.4, 0.5) is 0 Å². The summed E-state index contributed by atoms with van der Waals surface area (Å²) in [6, 6.07) is 14.3. The molecule has 0 atom stereocenters. The van der Waals surface area contributed by atoms with Crippen molar-refractivity contribution in [2.45, 2.75) is 26.2 Å². The Morgan fingerprint density at radius 1 is 1.00 bits per heavy atom. The Bertz CT molecular complexity index is 764. The van der Waals surface area contributed by atoms with Gasteiger partial charge in [-0.3, -0.25) is 0 Å². The smallest absolute Gasteiger partial charge is 0.137 e. The van der Waals surface area contributed by atoms with E-state index in [1.54, 1.807) is 7.11 Å². The molecule has 2 heterocycles. The number of pyridine rings is 1. The van der Waals surface area contributed by atoms with Crippen LogP contribution in [0.2, 0.25) is 0 Å². The van der Waals surface area contributed by atoms with Crippen LogP contribution < -0.4 is 4.74 Å². The second kappa shape index (κ2) is 4.92. The van der Waals surface area contributed by atoms with E-state index in [1.807, 2.05) is 30.3 Å². The zero-order valence-electron chi connectivity index (χ0n) is 12.9. The number of imidazole rings is 1. The van der Waals surface area contributed by atoms with Gasteiger partial charge in [-0.1, -0.05) is 26.8 Å². The predicted molar refractivity (Wildman–Crippen MR) is 85.9 cm³/mol. The highest BCUT2D eigenvalue weighted by Crippen LogP contribution is 2.27. The maximum absolute atomic E-state index is 5.20. The Morgan fingerprint density at radius 3 is 2.33 bits per heavy atom. The molecule has 1 aromatic carbocycles. The maximum Gasteiger partial charge on any atom is 0.137 e. The second-order valence-electron chi connectivity index (χ2n) is 6.24. The molecule has 0 spiro atoms. The molecular formula is C18H20N2O. The molecule has 3 heteroatoms. The van der Waals surface area contributed by atoms with Crippen molar-refractivity contribution >= 4 is 5.65 Å². The van der Waals surface area contributed by atoms with Crippen molar-refractivity contribution in [2.24, 2.45) is 0 Å². The number of hydrogen-bond acceptors (Lipinski definition) is 2. The van der Waals surface area contributed by atoms with Gasteiger partial charge in [0.05, 0.1) is 12.8 Å². The van der Waals surface area contributed by atoms with E-state index < -0.39 is 0 Å². The molecule has 2 aromatic heterocycles. The van der Waals surface area contributed by atoms with Gasteiger partial charge in [-0.15, -0.1) is 0 Å². The number of methoxy groups -OCH3 is 1. The largest absolute Gasteiger partial charge is 0.497 e. The van der Waals surface area contributed by atoms with E-state index in [9.17, 15) is 0 Å². The molecule has 0 aliphatic heterocycles. The Labute approximate surface area is 125 Å². The van der Waals surface area contributed by atoms with Gasteiger partial charge in [0.2, 0.25) is 0 Å². The minimum absolute atomic E-state index is 0.0807. The molecule has 3 aromatic rings. The van der Waals surface area contributed by atoms with Crippen LogP contribution in [0.3, 0.4) is 0 Å². The highest BCUT2D eigenvalue weighted by Gasteiger charge is 2.18. The summed E-state index contributed by atoms with van der Waals surface area (Å²) in [6.45, 7) is 6.65. The van der Waals surface area contributed by atoms with Gasteiger partial charge in [0.1, 0.15) is 11.4 Å². The Morgan fingerprint density at radius 2 is 1.71 bits per heavy atom. The SMILES string of the molecule is COc1ccc(-c2cn3c(C(C)(C)C)cccc3n2)cc1. The maximum atomic E-state index is 5.20. The van der Waals surface area contributed by atoms with Crippen LogP contribution in [0.5, 0.6) is 5.75 Å². The molecule has 0 fully saturated rings. The third kappa shape index (κ3) is 2.51. The molecule has 21 heavy (non-hydrogen) atoms. The Hall–Kier alpha value is -2.29. The monoisotopic (exact) mass is 280 g/mol. The number of hydrogen-bond donors (Lipinski definition) is 0. The highest BCUT2D eigenvalue weighted by atomic mass is 16.5. The fourth-order valence-electron chi connectivity index (χ4n) is 2.52. The van der Waals surface area contributed by atoms with Crippen LogP contribution in [0, 0.1) is 0 Å². The van der Waals surface area contributed by atoms with Crippen molar-refractivity contribution in [3.05, 3.63) is 54.4 Å². The van der Waals surface area contributed by atoms with Crippen LogP contribution in [-0.2, 0) is 5.41 Å². The van der Waals surface area contributed by atoms with Gasteiger partial charge in [-0.25, -0.2) is 4.98 Å². The fraction of sp³-hybridized carbons (Fsp3) is 0.278. The number of fused-ring (bicyclic) bond motifs is 1. The third-order valence-corrected chi connectivity index (χ3v) is 3.65. The summed E-state index contributed by atoms with van der Waals surface area (Å²) in [5.41, 5.74) is 4.39. The lowest BCUT2D eigenvalue weighted by atomic mass is 9.91. The molecule has 108 valence electrons. The van der Waals surface area contributed by atoms with Crippen LogP contribution in [0.1, 0.15) is 26.5 Å². The van der Waals surface area contributed by atoms with Crippen molar-refractivity contribution < 1.29 is 4.74 Å². The molecule has 0 N–H and O–H groups in total. The first kappa shape index (κ1) is 13.7. The first-order valence-electron chi connectivity index (χ1n) is 7.12. The normalized spacial score (nSPS) is 11.8. The lowest BCUT2D eigenvalue weighted by Crippen LogP contribution is -2.15. The minimum atomic E-state index is 0.0807. The zero-order chi connectivity index (χ0) is 15.0. The van der Waals surface area contributed by atoms with E-state index in [2.05, 4.69) is 43.5 Å². The molecule has 0 amide bonds. The number of nitrogens with zero attached hydrogens (tertiary/aromatic N) is 2. The van der Waals surface area contributed by atoms with Crippen LogP contribution >= 0.6 is 0 Å². The van der Waals surface area contributed by atoms with Crippen LogP contribution in [0.25, 0.3) is 16.9 Å². The van der Waals surface area contributed by atoms with Crippen LogP contribution in [0.15, 0.2) is 48.7 Å². The summed E-state index contributed by atoms with van der Waals surface area (Å²) >= 11 is 0. The summed E-state index contributed by atoms with van der Waals surface area (Å²) < 4.78 is 7.38. The average molecular weight is 280 g/mol. The van der Waals surface area contributed by atoms with E-state index in [1.165, 1.54) is 5.69 Å². The van der Waals surface area contributed by atoms with Gasteiger partial charge in [0.25, 0.3) is 0 Å².